The standard InChI is InChI=1S/C19H18FN3O5S/c20-13-4-3-5-14(10-13)21-18(24)12-23-16-7-6-15(11-17(16)28-19(23)25)29(26,27)22-8-1-2-9-22/h3-7,10-11H,1-2,8-9,12H2,(H,21,24). The molecule has 0 bridgehead atoms. The molecule has 2 aromatic carbocycles. The molecule has 0 radical (unpaired) electrons. The predicted molar refractivity (Wildman–Crippen MR) is 103 cm³/mol. The first-order valence-corrected chi connectivity index (χ1v) is 10.5. The highest BCUT2D eigenvalue weighted by molar-refractivity contribution is 7.89. The third-order valence-corrected chi connectivity index (χ3v) is 6.65. The number of sulfonamides is 1. The Morgan fingerprint density at radius 1 is 1.14 bits per heavy atom. The summed E-state index contributed by atoms with van der Waals surface area (Å²) in [5, 5.41) is 2.50. The highest BCUT2D eigenvalue weighted by Gasteiger charge is 2.28. The van der Waals surface area contributed by atoms with Crippen molar-refractivity contribution in [2.75, 3.05) is 18.4 Å². The van der Waals surface area contributed by atoms with Crippen molar-refractivity contribution in [3.05, 3.63) is 58.8 Å². The van der Waals surface area contributed by atoms with E-state index in [0.717, 1.165) is 23.5 Å². The third-order valence-electron chi connectivity index (χ3n) is 4.75. The van der Waals surface area contributed by atoms with E-state index in [2.05, 4.69) is 5.32 Å². The largest absolute Gasteiger partial charge is 0.420 e. The van der Waals surface area contributed by atoms with Crippen LogP contribution in [0.2, 0.25) is 0 Å². The van der Waals surface area contributed by atoms with E-state index in [1.807, 2.05) is 0 Å². The number of halogens is 1. The van der Waals surface area contributed by atoms with Gasteiger partial charge < -0.3 is 9.73 Å². The van der Waals surface area contributed by atoms with E-state index in [4.69, 9.17) is 4.42 Å². The summed E-state index contributed by atoms with van der Waals surface area (Å²) in [5.41, 5.74) is 0.633. The van der Waals surface area contributed by atoms with E-state index in [-0.39, 0.29) is 22.7 Å². The summed E-state index contributed by atoms with van der Waals surface area (Å²) in [6.07, 6.45) is 1.63. The minimum absolute atomic E-state index is 0.0389. The number of anilines is 1. The Hall–Kier alpha value is -2.98. The van der Waals surface area contributed by atoms with Gasteiger partial charge in [0.2, 0.25) is 15.9 Å². The predicted octanol–water partition coefficient (Wildman–Crippen LogP) is 2.16. The zero-order valence-electron chi connectivity index (χ0n) is 15.3. The lowest BCUT2D eigenvalue weighted by molar-refractivity contribution is -0.116. The second-order valence-electron chi connectivity index (χ2n) is 6.75. The molecule has 0 aliphatic carbocycles. The minimum Gasteiger partial charge on any atom is -0.408 e. The van der Waals surface area contributed by atoms with Crippen LogP contribution in [0, 0.1) is 5.82 Å². The number of oxazole rings is 1. The Morgan fingerprint density at radius 3 is 2.62 bits per heavy atom. The van der Waals surface area contributed by atoms with E-state index < -0.39 is 27.5 Å². The Kier molecular flexibility index (Phi) is 4.97. The number of hydrogen-bond donors (Lipinski definition) is 1. The third kappa shape index (κ3) is 3.81. The van der Waals surface area contributed by atoms with Crippen LogP contribution in [0.25, 0.3) is 11.1 Å². The molecule has 1 N–H and O–H groups in total. The lowest BCUT2D eigenvalue weighted by Crippen LogP contribution is -2.27. The van der Waals surface area contributed by atoms with Crippen LogP contribution in [0.1, 0.15) is 12.8 Å². The molecular weight excluding hydrogens is 401 g/mol. The highest BCUT2D eigenvalue weighted by Crippen LogP contribution is 2.24. The Morgan fingerprint density at radius 2 is 1.90 bits per heavy atom. The quantitative estimate of drug-likeness (QED) is 0.683. The fourth-order valence-electron chi connectivity index (χ4n) is 3.34. The summed E-state index contributed by atoms with van der Waals surface area (Å²) in [4.78, 5) is 24.5. The Balaban J connectivity index is 1.60. The van der Waals surface area contributed by atoms with Crippen molar-refractivity contribution in [3.63, 3.8) is 0 Å². The fraction of sp³-hybridized carbons (Fsp3) is 0.263. The van der Waals surface area contributed by atoms with Gasteiger partial charge in [-0.2, -0.15) is 4.31 Å². The van der Waals surface area contributed by atoms with E-state index >= 15 is 0 Å². The number of fused-ring (bicyclic) bond motifs is 1. The van der Waals surface area contributed by atoms with Gasteiger partial charge in [-0.15, -0.1) is 0 Å². The molecule has 10 heteroatoms. The van der Waals surface area contributed by atoms with Crippen molar-refractivity contribution >= 4 is 32.7 Å². The maximum Gasteiger partial charge on any atom is 0.420 e. The lowest BCUT2D eigenvalue weighted by Gasteiger charge is -2.15. The van der Waals surface area contributed by atoms with Gasteiger partial charge in [0.05, 0.1) is 10.4 Å². The Bertz CT molecular complexity index is 1240. The highest BCUT2D eigenvalue weighted by atomic mass is 32.2. The average Bonchev–Trinajstić information content (AvgIpc) is 3.30. The monoisotopic (exact) mass is 419 g/mol. The van der Waals surface area contributed by atoms with Crippen LogP contribution in [0.3, 0.4) is 0 Å². The first-order valence-electron chi connectivity index (χ1n) is 9.03. The van der Waals surface area contributed by atoms with E-state index in [9.17, 15) is 22.4 Å². The number of aromatic nitrogens is 1. The van der Waals surface area contributed by atoms with Gasteiger partial charge in [-0.25, -0.2) is 17.6 Å². The SMILES string of the molecule is O=C(Cn1c(=O)oc2cc(S(=O)(=O)N3CCCC3)ccc21)Nc1cccc(F)c1. The van der Waals surface area contributed by atoms with Gasteiger partial charge in [0, 0.05) is 24.8 Å². The second-order valence-corrected chi connectivity index (χ2v) is 8.69. The van der Waals surface area contributed by atoms with Gasteiger partial charge in [-0.3, -0.25) is 9.36 Å². The van der Waals surface area contributed by atoms with Crippen LogP contribution >= 0.6 is 0 Å². The van der Waals surface area contributed by atoms with Gasteiger partial charge in [0.25, 0.3) is 0 Å². The summed E-state index contributed by atoms with van der Waals surface area (Å²) in [6.45, 7) is 0.567. The lowest BCUT2D eigenvalue weighted by atomic mass is 10.3. The zero-order chi connectivity index (χ0) is 20.6. The molecule has 4 rings (SSSR count). The van der Waals surface area contributed by atoms with E-state index in [1.54, 1.807) is 0 Å². The summed E-state index contributed by atoms with van der Waals surface area (Å²) in [7, 11) is -3.65. The molecule has 0 saturated carbocycles. The fourth-order valence-corrected chi connectivity index (χ4v) is 4.88. The van der Waals surface area contributed by atoms with Crippen molar-refractivity contribution in [1.82, 2.24) is 8.87 Å². The molecule has 1 aliphatic rings. The van der Waals surface area contributed by atoms with Crippen LogP contribution in [0.4, 0.5) is 10.1 Å². The number of nitrogens with one attached hydrogen (secondary N) is 1. The van der Waals surface area contributed by atoms with Crippen LogP contribution in [-0.4, -0.2) is 36.3 Å². The van der Waals surface area contributed by atoms with Gasteiger partial charge in [-0.05, 0) is 43.2 Å². The summed E-state index contributed by atoms with van der Waals surface area (Å²) in [6, 6.07) is 9.51. The molecule has 29 heavy (non-hydrogen) atoms. The number of rotatable bonds is 5. The molecule has 152 valence electrons. The van der Waals surface area contributed by atoms with Crippen LogP contribution < -0.4 is 11.1 Å². The molecule has 0 atom stereocenters. The molecule has 3 aromatic rings. The first kappa shape index (κ1) is 19.3. The van der Waals surface area contributed by atoms with Crippen molar-refractivity contribution in [2.45, 2.75) is 24.3 Å². The summed E-state index contributed by atoms with van der Waals surface area (Å²) >= 11 is 0. The van der Waals surface area contributed by atoms with Crippen molar-refractivity contribution in [1.29, 1.82) is 0 Å². The van der Waals surface area contributed by atoms with Crippen LogP contribution in [0.5, 0.6) is 0 Å². The summed E-state index contributed by atoms with van der Waals surface area (Å²) < 4.78 is 46.2. The molecule has 1 aliphatic heterocycles. The second kappa shape index (κ2) is 7.45. The van der Waals surface area contributed by atoms with Gasteiger partial charge in [0.15, 0.2) is 5.58 Å². The number of amides is 1. The molecular formula is C19H18FN3O5S. The number of benzene rings is 2. The molecule has 1 saturated heterocycles. The van der Waals surface area contributed by atoms with Crippen LogP contribution in [0.15, 0.2) is 56.6 Å². The molecule has 1 aromatic heterocycles. The van der Waals surface area contributed by atoms with Crippen molar-refractivity contribution in [3.8, 4) is 0 Å². The smallest absolute Gasteiger partial charge is 0.408 e. The maximum absolute atomic E-state index is 13.2. The van der Waals surface area contributed by atoms with Crippen LogP contribution in [-0.2, 0) is 21.4 Å². The van der Waals surface area contributed by atoms with Gasteiger partial charge in [-0.1, -0.05) is 6.07 Å². The molecule has 8 nitrogen and oxygen atoms in total. The maximum atomic E-state index is 13.2. The number of hydrogen-bond acceptors (Lipinski definition) is 5. The number of carbonyl (C=O) groups is 1. The topological polar surface area (TPSA) is 102 Å². The summed E-state index contributed by atoms with van der Waals surface area (Å²) in [5.74, 6) is -1.83. The molecule has 0 unspecified atom stereocenters. The normalized spacial score (nSPS) is 15.1. The van der Waals surface area contributed by atoms with Crippen molar-refractivity contribution < 1.29 is 22.0 Å². The molecule has 2 heterocycles. The minimum atomic E-state index is -3.65. The molecule has 0 spiro atoms. The van der Waals surface area contributed by atoms with E-state index in [0.29, 0.717) is 18.6 Å². The van der Waals surface area contributed by atoms with Gasteiger partial charge >= 0.3 is 5.76 Å². The first-order chi connectivity index (χ1) is 13.8. The molecule has 1 fully saturated rings. The number of carbonyl (C=O) groups excluding carboxylic acids is 1. The molecule has 1 amide bonds. The van der Waals surface area contributed by atoms with E-state index in [1.165, 1.54) is 40.7 Å². The van der Waals surface area contributed by atoms with Gasteiger partial charge in [0.1, 0.15) is 12.4 Å². The average molecular weight is 419 g/mol. The Labute approximate surface area is 165 Å². The zero-order valence-corrected chi connectivity index (χ0v) is 16.1. The van der Waals surface area contributed by atoms with Crippen molar-refractivity contribution in [2.24, 2.45) is 0 Å². The number of nitrogens with zero attached hydrogens (tertiary/aromatic N) is 2.